The van der Waals surface area contributed by atoms with Crippen molar-refractivity contribution in [1.29, 1.82) is 0 Å². The Bertz CT molecular complexity index is 686. The lowest BCUT2D eigenvalue weighted by molar-refractivity contribution is 0.00983. The average molecular weight is 360 g/mol. The molecule has 3 rings (SSSR count). The average Bonchev–Trinajstić information content (AvgIpc) is 2.54. The Labute approximate surface area is 139 Å². The van der Waals surface area contributed by atoms with Crippen LogP contribution in [0.15, 0.2) is 53.0 Å². The van der Waals surface area contributed by atoms with Crippen LogP contribution in [-0.4, -0.2) is 30.5 Å². The van der Waals surface area contributed by atoms with Gasteiger partial charge in [0.1, 0.15) is 0 Å². The number of fused-ring (bicyclic) bond motifs is 1. The van der Waals surface area contributed by atoms with Crippen LogP contribution < -0.4 is 0 Å². The molecule has 0 saturated heterocycles. The molecule has 0 N–H and O–H groups in total. The second-order valence-electron chi connectivity index (χ2n) is 5.57. The number of hydrogen-bond acceptors (Lipinski definition) is 2. The van der Waals surface area contributed by atoms with Crippen molar-refractivity contribution in [3.05, 3.63) is 69.7 Å². The van der Waals surface area contributed by atoms with E-state index >= 15 is 0 Å². The molecule has 1 aliphatic heterocycles. The number of carbonyl (C=O) groups is 1. The highest BCUT2D eigenvalue weighted by molar-refractivity contribution is 9.10. The van der Waals surface area contributed by atoms with Crippen molar-refractivity contribution >= 4 is 21.8 Å². The first-order valence-electron chi connectivity index (χ1n) is 7.33. The number of likely N-dealkylation sites (N-methyl/N-ethyl adjacent to an activating group) is 1. The lowest BCUT2D eigenvalue weighted by Crippen LogP contribution is -2.38. The zero-order valence-electron chi connectivity index (χ0n) is 12.5. The number of carbonyl (C=O) groups excluding carboxylic acids is 1. The molecule has 0 aliphatic carbocycles. The summed E-state index contributed by atoms with van der Waals surface area (Å²) < 4.78 is 6.71. The number of ether oxygens (including phenoxy) is 1. The van der Waals surface area contributed by atoms with E-state index in [-0.39, 0.29) is 12.0 Å². The van der Waals surface area contributed by atoms with Crippen LogP contribution in [0.5, 0.6) is 0 Å². The third-order valence-corrected chi connectivity index (χ3v) is 4.66. The minimum atomic E-state index is 0.00920. The standard InChI is InChI=1S/C18H18BrNO2/c1-20(18(21)16-8-4-5-9-17(16)19)11-15-10-13-6-2-3-7-14(13)12-22-15/h2-9,15H,10-12H2,1H3. The predicted octanol–water partition coefficient (Wildman–Crippen LogP) is 3.66. The summed E-state index contributed by atoms with van der Waals surface area (Å²) in [4.78, 5) is 14.3. The van der Waals surface area contributed by atoms with Gasteiger partial charge in [-0.15, -0.1) is 0 Å². The highest BCUT2D eigenvalue weighted by Crippen LogP contribution is 2.22. The molecule has 1 heterocycles. The van der Waals surface area contributed by atoms with Crippen LogP contribution in [0.3, 0.4) is 0 Å². The third kappa shape index (κ3) is 3.23. The van der Waals surface area contributed by atoms with Gasteiger partial charge in [0.05, 0.1) is 18.3 Å². The van der Waals surface area contributed by atoms with Crippen molar-refractivity contribution in [2.24, 2.45) is 0 Å². The van der Waals surface area contributed by atoms with Crippen molar-refractivity contribution in [3.8, 4) is 0 Å². The zero-order valence-corrected chi connectivity index (χ0v) is 14.0. The first kappa shape index (κ1) is 15.3. The highest BCUT2D eigenvalue weighted by Gasteiger charge is 2.23. The quantitative estimate of drug-likeness (QED) is 0.836. The van der Waals surface area contributed by atoms with Crippen LogP contribution in [0.25, 0.3) is 0 Å². The van der Waals surface area contributed by atoms with Gasteiger partial charge in [-0.2, -0.15) is 0 Å². The van der Waals surface area contributed by atoms with Crippen LogP contribution >= 0.6 is 15.9 Å². The first-order chi connectivity index (χ1) is 10.6. The molecule has 0 radical (unpaired) electrons. The summed E-state index contributed by atoms with van der Waals surface area (Å²) in [5, 5.41) is 0. The molecular weight excluding hydrogens is 342 g/mol. The van der Waals surface area contributed by atoms with E-state index in [1.807, 2.05) is 37.4 Å². The molecule has 0 spiro atoms. The largest absolute Gasteiger partial charge is 0.371 e. The number of rotatable bonds is 3. The maximum atomic E-state index is 12.5. The Morgan fingerprint density at radius 2 is 1.86 bits per heavy atom. The molecular formula is C18H18BrNO2. The molecule has 0 bridgehead atoms. The minimum Gasteiger partial charge on any atom is -0.371 e. The van der Waals surface area contributed by atoms with Gasteiger partial charge in [0.15, 0.2) is 0 Å². The maximum Gasteiger partial charge on any atom is 0.254 e. The molecule has 0 aromatic heterocycles. The van der Waals surface area contributed by atoms with Gasteiger partial charge >= 0.3 is 0 Å². The van der Waals surface area contributed by atoms with E-state index in [9.17, 15) is 4.79 Å². The van der Waals surface area contributed by atoms with Crippen molar-refractivity contribution in [2.75, 3.05) is 13.6 Å². The SMILES string of the molecule is CN(CC1Cc2ccccc2CO1)C(=O)c1ccccc1Br. The summed E-state index contributed by atoms with van der Waals surface area (Å²) in [6.45, 7) is 1.21. The van der Waals surface area contributed by atoms with E-state index in [0.717, 1.165) is 10.9 Å². The van der Waals surface area contributed by atoms with Crippen LogP contribution in [0.1, 0.15) is 21.5 Å². The van der Waals surface area contributed by atoms with E-state index in [2.05, 4.69) is 34.1 Å². The second kappa shape index (κ2) is 6.63. The smallest absolute Gasteiger partial charge is 0.254 e. The van der Waals surface area contributed by atoms with Crippen molar-refractivity contribution in [1.82, 2.24) is 4.90 Å². The molecule has 1 unspecified atom stereocenters. The van der Waals surface area contributed by atoms with Crippen molar-refractivity contribution in [3.63, 3.8) is 0 Å². The summed E-state index contributed by atoms with van der Waals surface area (Å²) in [6, 6.07) is 15.8. The molecule has 1 aliphatic rings. The normalized spacial score (nSPS) is 16.9. The summed E-state index contributed by atoms with van der Waals surface area (Å²) in [5.74, 6) is 0.00920. The Hall–Kier alpha value is -1.65. The van der Waals surface area contributed by atoms with E-state index in [4.69, 9.17) is 4.74 Å². The number of benzene rings is 2. The molecule has 1 amide bonds. The second-order valence-corrected chi connectivity index (χ2v) is 6.43. The summed E-state index contributed by atoms with van der Waals surface area (Å²) in [5.41, 5.74) is 3.25. The van der Waals surface area contributed by atoms with Gasteiger partial charge in [-0.1, -0.05) is 36.4 Å². The number of nitrogens with zero attached hydrogens (tertiary/aromatic N) is 1. The van der Waals surface area contributed by atoms with Gasteiger partial charge in [0, 0.05) is 24.5 Å². The Morgan fingerprint density at radius 3 is 2.64 bits per heavy atom. The van der Waals surface area contributed by atoms with Crippen molar-refractivity contribution < 1.29 is 9.53 Å². The molecule has 4 heteroatoms. The number of hydrogen-bond donors (Lipinski definition) is 0. The van der Waals surface area contributed by atoms with Gasteiger partial charge in [-0.25, -0.2) is 0 Å². The minimum absolute atomic E-state index is 0.00920. The lowest BCUT2D eigenvalue weighted by Gasteiger charge is -2.29. The molecule has 0 fully saturated rings. The fourth-order valence-corrected chi connectivity index (χ4v) is 3.21. The maximum absolute atomic E-state index is 12.5. The highest BCUT2D eigenvalue weighted by atomic mass is 79.9. The molecule has 114 valence electrons. The first-order valence-corrected chi connectivity index (χ1v) is 8.13. The summed E-state index contributed by atoms with van der Waals surface area (Å²) in [6.07, 6.45) is 0.898. The van der Waals surface area contributed by atoms with E-state index < -0.39 is 0 Å². The molecule has 1 atom stereocenters. The Morgan fingerprint density at radius 1 is 1.18 bits per heavy atom. The fourth-order valence-electron chi connectivity index (χ4n) is 2.76. The van der Waals surface area contributed by atoms with Gasteiger partial charge in [0.25, 0.3) is 5.91 Å². The van der Waals surface area contributed by atoms with Gasteiger partial charge in [-0.05, 0) is 39.2 Å². The predicted molar refractivity (Wildman–Crippen MR) is 89.8 cm³/mol. The molecule has 3 nitrogen and oxygen atoms in total. The summed E-state index contributed by atoms with van der Waals surface area (Å²) >= 11 is 3.43. The number of amides is 1. The topological polar surface area (TPSA) is 29.5 Å². The van der Waals surface area contributed by atoms with Crippen molar-refractivity contribution in [2.45, 2.75) is 19.1 Å². The van der Waals surface area contributed by atoms with E-state index in [1.165, 1.54) is 11.1 Å². The van der Waals surface area contributed by atoms with Crippen LogP contribution in [0.4, 0.5) is 0 Å². The van der Waals surface area contributed by atoms with E-state index in [0.29, 0.717) is 18.7 Å². The van der Waals surface area contributed by atoms with Crippen LogP contribution in [0, 0.1) is 0 Å². The molecule has 2 aromatic carbocycles. The lowest BCUT2D eigenvalue weighted by atomic mass is 9.99. The Kier molecular flexibility index (Phi) is 4.60. The van der Waals surface area contributed by atoms with Crippen LogP contribution in [-0.2, 0) is 17.8 Å². The molecule has 22 heavy (non-hydrogen) atoms. The monoisotopic (exact) mass is 359 g/mol. The third-order valence-electron chi connectivity index (χ3n) is 3.97. The fraction of sp³-hybridized carbons (Fsp3) is 0.278. The molecule has 0 saturated carbocycles. The zero-order chi connectivity index (χ0) is 15.5. The van der Waals surface area contributed by atoms with Gasteiger partial charge in [-0.3, -0.25) is 4.79 Å². The Balaban J connectivity index is 1.67. The van der Waals surface area contributed by atoms with Crippen LogP contribution in [0.2, 0.25) is 0 Å². The van der Waals surface area contributed by atoms with Gasteiger partial charge < -0.3 is 9.64 Å². The number of halogens is 1. The van der Waals surface area contributed by atoms with Gasteiger partial charge in [0.2, 0.25) is 0 Å². The summed E-state index contributed by atoms with van der Waals surface area (Å²) in [7, 11) is 1.83. The molecule has 2 aromatic rings. The van der Waals surface area contributed by atoms with E-state index in [1.54, 1.807) is 4.90 Å².